The molecule has 32 heavy (non-hydrogen) atoms. The van der Waals surface area contributed by atoms with Crippen molar-refractivity contribution < 1.29 is 9.05 Å². The highest BCUT2D eigenvalue weighted by Crippen LogP contribution is 2.46. The summed E-state index contributed by atoms with van der Waals surface area (Å²) in [6.45, 7) is 20.2. The molecular weight excluding hydrogens is 445 g/mol. The topological polar surface area (TPSA) is 21.7 Å². The molecule has 0 radical (unpaired) electrons. The quantitative estimate of drug-likeness (QED) is 0.234. The van der Waals surface area contributed by atoms with Crippen LogP contribution in [0.3, 0.4) is 0 Å². The van der Waals surface area contributed by atoms with Crippen molar-refractivity contribution in [1.29, 1.82) is 0 Å². The van der Waals surface area contributed by atoms with Gasteiger partial charge in [0, 0.05) is 12.1 Å². The third kappa shape index (κ3) is 8.20. The summed E-state index contributed by atoms with van der Waals surface area (Å²) in [5.74, 6) is 0. The van der Waals surface area contributed by atoms with Crippen LogP contribution in [-0.2, 0) is 9.05 Å². The highest BCUT2D eigenvalue weighted by atomic mass is 31.2. The Labute approximate surface area is 200 Å². The molecule has 2 aromatic rings. The molecule has 2 rings (SSSR count). The second kappa shape index (κ2) is 12.6. The number of benzene rings is 2. The Morgan fingerprint density at radius 2 is 1.00 bits per heavy atom. The molecule has 0 unspecified atom stereocenters. The van der Waals surface area contributed by atoms with Gasteiger partial charge in [0.1, 0.15) is 0 Å². The molecule has 0 heterocycles. The Kier molecular flexibility index (Phi) is 10.8. The van der Waals surface area contributed by atoms with E-state index in [4.69, 9.17) is 9.05 Å². The molecule has 0 aliphatic heterocycles. The zero-order valence-electron chi connectivity index (χ0n) is 21.5. The first-order valence-corrected chi connectivity index (χ1v) is 19.5. The van der Waals surface area contributed by atoms with Crippen molar-refractivity contribution in [3.05, 3.63) is 60.7 Å². The summed E-state index contributed by atoms with van der Waals surface area (Å²) in [7, 11) is -4.11. The normalized spacial score (nSPS) is 13.0. The number of hydrogen-bond acceptors (Lipinski definition) is 3. The van der Waals surface area contributed by atoms with Crippen molar-refractivity contribution in [1.82, 2.24) is 4.67 Å². The van der Waals surface area contributed by atoms with Crippen molar-refractivity contribution in [2.75, 3.05) is 13.2 Å². The van der Waals surface area contributed by atoms with Crippen LogP contribution in [0.1, 0.15) is 27.7 Å². The van der Waals surface area contributed by atoms with Crippen molar-refractivity contribution in [3.8, 4) is 0 Å². The summed E-state index contributed by atoms with van der Waals surface area (Å²) in [5, 5.41) is 2.99. The molecule has 0 aliphatic carbocycles. The first-order valence-electron chi connectivity index (χ1n) is 12.0. The van der Waals surface area contributed by atoms with Gasteiger partial charge in [0.05, 0.1) is 29.4 Å². The van der Waals surface area contributed by atoms with Crippen LogP contribution < -0.4 is 10.4 Å². The van der Waals surface area contributed by atoms with Crippen LogP contribution in [0.4, 0.5) is 0 Å². The monoisotopic (exact) mass is 489 g/mol. The lowest BCUT2D eigenvalue weighted by Gasteiger charge is -2.36. The van der Waals surface area contributed by atoms with E-state index in [9.17, 15) is 0 Å². The molecule has 6 heteroatoms. The fourth-order valence-corrected chi connectivity index (χ4v) is 9.89. The summed E-state index contributed by atoms with van der Waals surface area (Å²) < 4.78 is 15.5. The van der Waals surface area contributed by atoms with Crippen LogP contribution in [0.5, 0.6) is 0 Å². The van der Waals surface area contributed by atoms with Gasteiger partial charge in [0.25, 0.3) is 8.53 Å². The molecule has 0 saturated heterocycles. The van der Waals surface area contributed by atoms with E-state index >= 15 is 0 Å². The zero-order chi connectivity index (χ0) is 23.8. The lowest BCUT2D eigenvalue weighted by atomic mass is 10.3. The standard InChI is InChI=1S/C26H44NO2PSi2/c1-23(2)27(24(3)4)30(28-19-21-31(5,6)25-15-11-9-12-16-25)29-20-22-32(7,8)26-17-13-10-14-18-26/h9-18,23-24H,19-22H2,1-8H3. The van der Waals surface area contributed by atoms with Gasteiger partial charge in [0.2, 0.25) is 0 Å². The minimum Gasteiger partial charge on any atom is -0.322 e. The highest BCUT2D eigenvalue weighted by molar-refractivity contribution is 7.44. The van der Waals surface area contributed by atoms with E-state index < -0.39 is 24.7 Å². The van der Waals surface area contributed by atoms with Crippen molar-refractivity contribution >= 4 is 35.0 Å². The van der Waals surface area contributed by atoms with Gasteiger partial charge in [-0.15, -0.1) is 0 Å². The molecular formula is C26H44NO2PSi2. The molecule has 0 fully saturated rings. The molecule has 0 amide bonds. The van der Waals surface area contributed by atoms with Gasteiger partial charge in [-0.1, -0.05) is 97.2 Å². The minimum absolute atomic E-state index is 0.389. The smallest absolute Gasteiger partial charge is 0.259 e. The maximum Gasteiger partial charge on any atom is 0.259 e. The average molecular weight is 490 g/mol. The van der Waals surface area contributed by atoms with E-state index in [1.165, 1.54) is 10.4 Å². The van der Waals surface area contributed by atoms with Crippen LogP contribution in [0.15, 0.2) is 60.7 Å². The van der Waals surface area contributed by atoms with Crippen LogP contribution in [0.25, 0.3) is 0 Å². The second-order valence-corrected chi connectivity index (χ2v) is 21.6. The molecule has 0 spiro atoms. The van der Waals surface area contributed by atoms with Gasteiger partial charge in [-0.05, 0) is 39.8 Å². The molecule has 0 aromatic heterocycles. The lowest BCUT2D eigenvalue weighted by Crippen LogP contribution is -2.42. The number of rotatable bonds is 13. The van der Waals surface area contributed by atoms with Gasteiger partial charge in [-0.2, -0.15) is 0 Å². The van der Waals surface area contributed by atoms with Crippen LogP contribution in [0, 0.1) is 0 Å². The Morgan fingerprint density at radius 1 is 0.656 bits per heavy atom. The summed E-state index contributed by atoms with van der Waals surface area (Å²) in [6, 6.07) is 24.9. The first kappa shape index (κ1) is 27.4. The van der Waals surface area contributed by atoms with E-state index in [2.05, 4.69) is 119 Å². The number of nitrogens with zero attached hydrogens (tertiary/aromatic N) is 1. The molecule has 0 bridgehead atoms. The van der Waals surface area contributed by atoms with E-state index in [-0.39, 0.29) is 0 Å². The van der Waals surface area contributed by atoms with Crippen LogP contribution >= 0.6 is 8.53 Å². The van der Waals surface area contributed by atoms with Gasteiger partial charge >= 0.3 is 0 Å². The van der Waals surface area contributed by atoms with E-state index in [0.717, 1.165) is 25.3 Å². The zero-order valence-corrected chi connectivity index (χ0v) is 24.4. The van der Waals surface area contributed by atoms with Gasteiger partial charge in [-0.3, -0.25) is 0 Å². The minimum atomic E-state index is -1.52. The first-order chi connectivity index (χ1) is 15.0. The fraction of sp³-hybridized carbons (Fsp3) is 0.538. The summed E-state index contributed by atoms with van der Waals surface area (Å²) >= 11 is 0. The Balaban J connectivity index is 2.01. The summed E-state index contributed by atoms with van der Waals surface area (Å²) in [4.78, 5) is 0. The van der Waals surface area contributed by atoms with Crippen LogP contribution in [0.2, 0.25) is 38.3 Å². The Morgan fingerprint density at radius 3 is 1.31 bits per heavy atom. The highest BCUT2D eigenvalue weighted by Gasteiger charge is 2.30. The molecule has 0 saturated carbocycles. The third-order valence-electron chi connectivity index (χ3n) is 6.21. The van der Waals surface area contributed by atoms with Crippen LogP contribution in [-0.4, -0.2) is 46.1 Å². The molecule has 2 aromatic carbocycles. The molecule has 0 atom stereocenters. The van der Waals surface area contributed by atoms with Crippen molar-refractivity contribution in [2.24, 2.45) is 0 Å². The van der Waals surface area contributed by atoms with Gasteiger partial charge in [0.15, 0.2) is 0 Å². The lowest BCUT2D eigenvalue weighted by molar-refractivity contribution is 0.184. The molecule has 0 N–H and O–H groups in total. The Hall–Kier alpha value is -0.816. The predicted molar refractivity (Wildman–Crippen MR) is 148 cm³/mol. The molecule has 3 nitrogen and oxygen atoms in total. The largest absolute Gasteiger partial charge is 0.322 e. The molecule has 0 aliphatic rings. The summed E-state index contributed by atoms with van der Waals surface area (Å²) in [5.41, 5.74) is 0. The molecule has 178 valence electrons. The maximum atomic E-state index is 6.52. The second-order valence-electron chi connectivity index (χ2n) is 10.5. The van der Waals surface area contributed by atoms with Gasteiger partial charge in [-0.25, -0.2) is 4.67 Å². The fourth-order valence-electron chi connectivity index (χ4n) is 3.97. The SMILES string of the molecule is CC(C)N(C(C)C)P(OCC[Si](C)(C)c1ccccc1)OCC[Si](C)(C)c1ccccc1. The van der Waals surface area contributed by atoms with E-state index in [1.54, 1.807) is 0 Å². The van der Waals surface area contributed by atoms with Gasteiger partial charge < -0.3 is 9.05 Å². The van der Waals surface area contributed by atoms with Crippen molar-refractivity contribution in [3.63, 3.8) is 0 Å². The number of hydrogen-bond donors (Lipinski definition) is 0. The third-order valence-corrected chi connectivity index (χ3v) is 15.0. The van der Waals surface area contributed by atoms with E-state index in [1.807, 2.05) is 0 Å². The summed E-state index contributed by atoms with van der Waals surface area (Å²) in [6.07, 6.45) is 0. The van der Waals surface area contributed by atoms with E-state index in [0.29, 0.717) is 12.1 Å². The average Bonchev–Trinajstić information content (AvgIpc) is 2.74. The predicted octanol–water partition coefficient (Wildman–Crippen LogP) is 6.60. The maximum absolute atomic E-state index is 6.52. The Bertz CT molecular complexity index is 719. The van der Waals surface area contributed by atoms with Crippen molar-refractivity contribution in [2.45, 2.75) is 78.1 Å².